The van der Waals surface area contributed by atoms with Crippen molar-refractivity contribution in [3.63, 3.8) is 0 Å². The number of β-amino-alcohol motifs (C(OH)–C–C–N with tert-alkyl or cyclic N) is 1. The van der Waals surface area contributed by atoms with Crippen LogP contribution in [0, 0.1) is 0 Å². The van der Waals surface area contributed by atoms with E-state index in [1.54, 1.807) is 11.3 Å². The van der Waals surface area contributed by atoms with Crippen molar-refractivity contribution in [1.82, 2.24) is 10.3 Å². The second-order valence-electron chi connectivity index (χ2n) is 5.67. The third-order valence-corrected chi connectivity index (χ3v) is 4.99. The van der Waals surface area contributed by atoms with Gasteiger partial charge in [0.05, 0.1) is 19.2 Å². The fourth-order valence-electron chi connectivity index (χ4n) is 2.73. The Morgan fingerprint density at radius 1 is 1.42 bits per heavy atom. The monoisotopic (exact) mass is 345 g/mol. The molecule has 2 aromatic rings. The molecule has 0 aliphatic carbocycles. The van der Waals surface area contributed by atoms with Crippen molar-refractivity contribution in [1.29, 1.82) is 0 Å². The summed E-state index contributed by atoms with van der Waals surface area (Å²) in [6, 6.07) is 7.93. The summed E-state index contributed by atoms with van der Waals surface area (Å²) in [5.74, 6) is -0.439. The maximum Gasteiger partial charge on any atom is 0.267 e. The van der Waals surface area contributed by atoms with Gasteiger partial charge in [0.1, 0.15) is 5.71 Å². The fourth-order valence-corrected chi connectivity index (χ4v) is 3.78. The lowest BCUT2D eigenvalue weighted by Crippen LogP contribution is -2.40. The first kappa shape index (κ1) is 16.6. The van der Waals surface area contributed by atoms with Gasteiger partial charge in [0.25, 0.3) is 5.91 Å². The molecule has 1 aromatic carbocycles. The molecule has 3 rings (SSSR count). The molecule has 0 fully saturated rings. The van der Waals surface area contributed by atoms with Crippen molar-refractivity contribution < 1.29 is 14.7 Å². The Morgan fingerprint density at radius 3 is 3.00 bits per heavy atom. The molecule has 1 aromatic heterocycles. The number of hydrogen-bond donors (Lipinski definition) is 2. The van der Waals surface area contributed by atoms with E-state index < -0.39 is 0 Å². The SMILES string of the molecule is CC(NC(=O)C1=NN(CCO)C(=O)CC1)c1csc2ccccc12. The van der Waals surface area contributed by atoms with Gasteiger partial charge in [0.2, 0.25) is 5.91 Å². The number of hydrogen-bond acceptors (Lipinski definition) is 5. The zero-order chi connectivity index (χ0) is 17.1. The van der Waals surface area contributed by atoms with Crippen molar-refractivity contribution in [2.75, 3.05) is 13.2 Å². The first-order valence-corrected chi connectivity index (χ1v) is 8.74. The van der Waals surface area contributed by atoms with Crippen LogP contribution in [0.5, 0.6) is 0 Å². The molecule has 0 bridgehead atoms. The molecule has 0 saturated carbocycles. The smallest absolute Gasteiger partial charge is 0.267 e. The van der Waals surface area contributed by atoms with Crippen molar-refractivity contribution in [2.24, 2.45) is 5.10 Å². The maximum atomic E-state index is 12.5. The third kappa shape index (κ3) is 3.32. The zero-order valence-corrected chi connectivity index (χ0v) is 14.2. The summed E-state index contributed by atoms with van der Waals surface area (Å²) in [7, 11) is 0. The molecule has 1 unspecified atom stereocenters. The first-order chi connectivity index (χ1) is 11.6. The Balaban J connectivity index is 1.74. The molecule has 0 radical (unpaired) electrons. The van der Waals surface area contributed by atoms with Gasteiger partial charge in [-0.3, -0.25) is 9.59 Å². The summed E-state index contributed by atoms with van der Waals surface area (Å²) in [6.45, 7) is 1.87. The number of benzene rings is 1. The summed E-state index contributed by atoms with van der Waals surface area (Å²) in [5.41, 5.74) is 1.40. The number of nitrogens with zero attached hydrogens (tertiary/aromatic N) is 2. The topological polar surface area (TPSA) is 82.0 Å². The lowest BCUT2D eigenvalue weighted by atomic mass is 10.1. The lowest BCUT2D eigenvalue weighted by Gasteiger charge is -2.23. The Bertz CT molecular complexity index is 799. The molecule has 0 spiro atoms. The normalized spacial score (nSPS) is 16.2. The summed E-state index contributed by atoms with van der Waals surface area (Å²) >= 11 is 1.65. The molecule has 126 valence electrons. The minimum Gasteiger partial charge on any atom is -0.394 e. The van der Waals surface area contributed by atoms with Crippen LogP contribution in [0.2, 0.25) is 0 Å². The summed E-state index contributed by atoms with van der Waals surface area (Å²) in [5, 5.41) is 20.4. The Hall–Kier alpha value is -2.25. The largest absolute Gasteiger partial charge is 0.394 e. The van der Waals surface area contributed by atoms with E-state index in [2.05, 4.69) is 21.9 Å². The molecule has 7 heteroatoms. The van der Waals surface area contributed by atoms with Crippen LogP contribution in [-0.4, -0.2) is 40.8 Å². The van der Waals surface area contributed by atoms with Crippen LogP contribution in [0.3, 0.4) is 0 Å². The van der Waals surface area contributed by atoms with Gasteiger partial charge in [-0.25, -0.2) is 5.01 Å². The number of amides is 2. The molecular formula is C17H19N3O3S. The number of thiophene rings is 1. The average Bonchev–Trinajstić information content (AvgIpc) is 3.01. The molecule has 1 aliphatic rings. The van der Waals surface area contributed by atoms with Crippen LogP contribution in [0.1, 0.15) is 31.4 Å². The van der Waals surface area contributed by atoms with Crippen LogP contribution < -0.4 is 5.32 Å². The molecule has 6 nitrogen and oxygen atoms in total. The van der Waals surface area contributed by atoms with Crippen molar-refractivity contribution in [2.45, 2.75) is 25.8 Å². The van der Waals surface area contributed by atoms with E-state index in [1.165, 1.54) is 9.71 Å². The molecule has 2 amide bonds. The van der Waals surface area contributed by atoms with E-state index in [0.717, 1.165) is 10.9 Å². The van der Waals surface area contributed by atoms with Crippen LogP contribution in [0.15, 0.2) is 34.7 Å². The average molecular weight is 345 g/mol. The standard InChI is InChI=1S/C17H19N3O3S/c1-11(13-10-24-15-5-3-2-4-12(13)15)18-17(23)14-6-7-16(22)20(19-14)8-9-21/h2-5,10-11,21H,6-9H2,1H3,(H,18,23). The predicted molar refractivity (Wildman–Crippen MR) is 93.9 cm³/mol. The number of aliphatic hydroxyl groups excluding tert-OH is 1. The minimum atomic E-state index is -0.270. The van der Waals surface area contributed by atoms with Crippen LogP contribution in [-0.2, 0) is 9.59 Å². The molecule has 1 atom stereocenters. The van der Waals surface area contributed by atoms with Crippen molar-refractivity contribution in [3.05, 3.63) is 35.2 Å². The highest BCUT2D eigenvalue weighted by atomic mass is 32.1. The van der Waals surface area contributed by atoms with Crippen LogP contribution >= 0.6 is 11.3 Å². The molecule has 2 N–H and O–H groups in total. The van der Waals surface area contributed by atoms with Crippen LogP contribution in [0.25, 0.3) is 10.1 Å². The Morgan fingerprint density at radius 2 is 2.21 bits per heavy atom. The van der Waals surface area contributed by atoms with Gasteiger partial charge >= 0.3 is 0 Å². The van der Waals surface area contributed by atoms with Crippen molar-refractivity contribution in [3.8, 4) is 0 Å². The number of aliphatic hydroxyl groups is 1. The van der Waals surface area contributed by atoms with E-state index in [4.69, 9.17) is 5.11 Å². The van der Waals surface area contributed by atoms with E-state index in [9.17, 15) is 9.59 Å². The van der Waals surface area contributed by atoms with Gasteiger partial charge < -0.3 is 10.4 Å². The van der Waals surface area contributed by atoms with Crippen LogP contribution in [0.4, 0.5) is 0 Å². The number of hydrazone groups is 1. The first-order valence-electron chi connectivity index (χ1n) is 7.86. The highest BCUT2D eigenvalue weighted by molar-refractivity contribution is 7.17. The van der Waals surface area contributed by atoms with Gasteiger partial charge in [-0.2, -0.15) is 5.10 Å². The highest BCUT2D eigenvalue weighted by Gasteiger charge is 2.25. The summed E-state index contributed by atoms with van der Waals surface area (Å²) in [6.07, 6.45) is 0.561. The van der Waals surface area contributed by atoms with Gasteiger partial charge in [0.15, 0.2) is 0 Å². The van der Waals surface area contributed by atoms with E-state index in [0.29, 0.717) is 12.1 Å². The number of nitrogens with one attached hydrogen (secondary N) is 1. The Kier molecular flexibility index (Phi) is 4.92. The van der Waals surface area contributed by atoms with Gasteiger partial charge in [-0.15, -0.1) is 11.3 Å². The predicted octanol–water partition coefficient (Wildman–Crippen LogP) is 2.05. The number of carbonyl (C=O) groups is 2. The van der Waals surface area contributed by atoms with Gasteiger partial charge in [0, 0.05) is 17.5 Å². The number of carbonyl (C=O) groups excluding carboxylic acids is 2. The van der Waals surface area contributed by atoms with E-state index >= 15 is 0 Å². The van der Waals surface area contributed by atoms with E-state index in [-0.39, 0.29) is 37.4 Å². The quantitative estimate of drug-likeness (QED) is 0.870. The number of rotatable bonds is 5. The molecule has 24 heavy (non-hydrogen) atoms. The molecule has 0 saturated heterocycles. The van der Waals surface area contributed by atoms with Gasteiger partial charge in [-0.1, -0.05) is 18.2 Å². The Labute approximate surface area is 143 Å². The number of fused-ring (bicyclic) bond motifs is 1. The second kappa shape index (κ2) is 7.11. The van der Waals surface area contributed by atoms with Gasteiger partial charge in [-0.05, 0) is 29.3 Å². The maximum absolute atomic E-state index is 12.5. The van der Waals surface area contributed by atoms with E-state index in [1.807, 2.05) is 25.1 Å². The lowest BCUT2D eigenvalue weighted by molar-refractivity contribution is -0.132. The second-order valence-corrected chi connectivity index (χ2v) is 6.58. The molecular weight excluding hydrogens is 326 g/mol. The molecule has 2 heterocycles. The highest BCUT2D eigenvalue weighted by Crippen LogP contribution is 2.30. The minimum absolute atomic E-state index is 0.111. The zero-order valence-electron chi connectivity index (χ0n) is 13.4. The summed E-state index contributed by atoms with van der Waals surface area (Å²) < 4.78 is 1.18. The third-order valence-electron chi connectivity index (χ3n) is 4.00. The summed E-state index contributed by atoms with van der Waals surface area (Å²) in [4.78, 5) is 24.1. The fraction of sp³-hybridized carbons (Fsp3) is 0.353. The van der Waals surface area contributed by atoms with Crippen molar-refractivity contribution >= 4 is 38.9 Å². The molecule has 1 aliphatic heterocycles.